The first-order valence-corrected chi connectivity index (χ1v) is 10.8. The van der Waals surface area contributed by atoms with E-state index in [0.717, 1.165) is 51.7 Å². The Morgan fingerprint density at radius 2 is 1.90 bits per heavy atom. The molecule has 1 aliphatic carbocycles. The first kappa shape index (κ1) is 20.3. The third-order valence-electron chi connectivity index (χ3n) is 7.22. The van der Waals surface area contributed by atoms with E-state index in [1.54, 1.807) is 0 Å². The van der Waals surface area contributed by atoms with Gasteiger partial charge < -0.3 is 14.7 Å². The molecule has 1 aromatic rings. The highest BCUT2D eigenvalue weighted by molar-refractivity contribution is 5.72. The van der Waals surface area contributed by atoms with Crippen molar-refractivity contribution in [1.82, 2.24) is 14.9 Å². The van der Waals surface area contributed by atoms with Crippen LogP contribution >= 0.6 is 0 Å². The Morgan fingerprint density at radius 3 is 2.55 bits per heavy atom. The van der Waals surface area contributed by atoms with Gasteiger partial charge in [0.15, 0.2) is 0 Å². The number of hydrogen-bond donors (Lipinski definition) is 0. The number of fused-ring (bicyclic) bond motifs is 2. The standard InChI is InChI=1S/C21H34N6O2/c1-20(2)10-16-11-21(3,12-20)13-26(16)19-17(27(28)29)18(22-14-23-19)25(5)15-6-8-24(4)9-7-15/h14-16H,6-13H2,1-5H3. The summed E-state index contributed by atoms with van der Waals surface area (Å²) in [6.07, 6.45) is 6.76. The molecular formula is C21H34N6O2. The Labute approximate surface area is 173 Å². The second-order valence-corrected chi connectivity index (χ2v) is 10.6. The van der Waals surface area contributed by atoms with Crippen LogP contribution in [0.4, 0.5) is 17.3 Å². The molecule has 0 spiro atoms. The van der Waals surface area contributed by atoms with Crippen molar-refractivity contribution in [1.29, 1.82) is 0 Å². The van der Waals surface area contributed by atoms with E-state index < -0.39 is 0 Å². The van der Waals surface area contributed by atoms with Crippen LogP contribution in [-0.4, -0.2) is 65.6 Å². The van der Waals surface area contributed by atoms with Gasteiger partial charge >= 0.3 is 5.69 Å². The molecule has 2 atom stereocenters. The van der Waals surface area contributed by atoms with E-state index in [0.29, 0.717) is 17.7 Å². The second-order valence-electron chi connectivity index (χ2n) is 10.6. The van der Waals surface area contributed by atoms with E-state index >= 15 is 0 Å². The van der Waals surface area contributed by atoms with Gasteiger partial charge in [-0.2, -0.15) is 0 Å². The molecule has 0 amide bonds. The Morgan fingerprint density at radius 1 is 1.21 bits per heavy atom. The Kier molecular flexibility index (Phi) is 4.96. The van der Waals surface area contributed by atoms with Crippen molar-refractivity contribution in [2.45, 2.75) is 65.0 Å². The zero-order valence-corrected chi connectivity index (χ0v) is 18.4. The SMILES string of the molecule is CN1CCC(N(C)c2ncnc(N3CC4(C)CC3CC(C)(C)C4)c2[N+](=O)[O-])CC1. The highest BCUT2D eigenvalue weighted by atomic mass is 16.6. The highest BCUT2D eigenvalue weighted by Crippen LogP contribution is 2.54. The third kappa shape index (κ3) is 3.79. The van der Waals surface area contributed by atoms with Gasteiger partial charge in [0.05, 0.1) is 4.92 Å². The average Bonchev–Trinajstić information content (AvgIpc) is 2.89. The normalized spacial score (nSPS) is 29.8. The fourth-order valence-electron chi connectivity index (χ4n) is 6.25. The number of nitrogens with zero attached hydrogens (tertiary/aromatic N) is 6. The molecule has 160 valence electrons. The number of piperidine rings is 1. The molecule has 1 aromatic heterocycles. The topological polar surface area (TPSA) is 78.6 Å². The molecule has 2 bridgehead atoms. The molecule has 3 fully saturated rings. The summed E-state index contributed by atoms with van der Waals surface area (Å²) in [5.74, 6) is 0.964. The van der Waals surface area contributed by atoms with Crippen molar-refractivity contribution in [3.05, 3.63) is 16.4 Å². The largest absolute Gasteiger partial charge is 0.353 e. The van der Waals surface area contributed by atoms with Gasteiger partial charge in [0.1, 0.15) is 6.33 Å². The summed E-state index contributed by atoms with van der Waals surface area (Å²) in [4.78, 5) is 27.3. The lowest BCUT2D eigenvalue weighted by atomic mass is 9.65. The van der Waals surface area contributed by atoms with Crippen LogP contribution in [0.2, 0.25) is 0 Å². The van der Waals surface area contributed by atoms with Crippen molar-refractivity contribution in [2.75, 3.05) is 43.5 Å². The summed E-state index contributed by atoms with van der Waals surface area (Å²) in [6, 6.07) is 0.570. The van der Waals surface area contributed by atoms with Gasteiger partial charge in [-0.3, -0.25) is 10.1 Å². The first-order valence-electron chi connectivity index (χ1n) is 10.8. The minimum Gasteiger partial charge on any atom is -0.351 e. The fourth-order valence-corrected chi connectivity index (χ4v) is 6.25. The summed E-state index contributed by atoms with van der Waals surface area (Å²) in [5.41, 5.74) is 0.510. The second kappa shape index (κ2) is 7.07. The molecular weight excluding hydrogens is 368 g/mol. The van der Waals surface area contributed by atoms with E-state index in [1.807, 2.05) is 11.9 Å². The molecule has 1 saturated carbocycles. The summed E-state index contributed by atoms with van der Waals surface area (Å²) >= 11 is 0. The van der Waals surface area contributed by atoms with E-state index in [2.05, 4.69) is 47.6 Å². The monoisotopic (exact) mass is 402 g/mol. The van der Waals surface area contributed by atoms with E-state index in [9.17, 15) is 10.1 Å². The number of anilines is 2. The molecule has 2 saturated heterocycles. The van der Waals surface area contributed by atoms with Crippen LogP contribution in [0.15, 0.2) is 6.33 Å². The predicted octanol–water partition coefficient (Wildman–Crippen LogP) is 3.32. The fraction of sp³-hybridized carbons (Fsp3) is 0.810. The summed E-state index contributed by atoms with van der Waals surface area (Å²) < 4.78 is 0. The molecule has 0 N–H and O–H groups in total. The van der Waals surface area contributed by atoms with Crippen LogP contribution in [0.5, 0.6) is 0 Å². The maximum absolute atomic E-state index is 12.2. The van der Waals surface area contributed by atoms with E-state index in [4.69, 9.17) is 0 Å². The molecule has 2 unspecified atom stereocenters. The molecule has 2 aliphatic heterocycles. The summed E-state index contributed by atoms with van der Waals surface area (Å²) in [7, 11) is 4.07. The lowest BCUT2D eigenvalue weighted by molar-refractivity contribution is -0.383. The van der Waals surface area contributed by atoms with Gasteiger partial charge in [-0.05, 0) is 63.1 Å². The summed E-state index contributed by atoms with van der Waals surface area (Å²) in [5, 5.41) is 12.2. The van der Waals surface area contributed by atoms with E-state index in [-0.39, 0.29) is 27.5 Å². The zero-order chi connectivity index (χ0) is 21.0. The number of rotatable bonds is 4. The zero-order valence-electron chi connectivity index (χ0n) is 18.4. The summed E-state index contributed by atoms with van der Waals surface area (Å²) in [6.45, 7) is 9.78. The Hall–Kier alpha value is -1.96. The van der Waals surface area contributed by atoms with Crippen LogP contribution in [0.1, 0.15) is 52.9 Å². The minimum absolute atomic E-state index is 0.0721. The molecule has 0 aromatic carbocycles. The van der Waals surface area contributed by atoms with Crippen molar-refractivity contribution in [3.8, 4) is 0 Å². The smallest absolute Gasteiger partial charge is 0.351 e. The molecule has 8 heteroatoms. The number of aromatic nitrogens is 2. The molecule has 0 radical (unpaired) electrons. The predicted molar refractivity (Wildman–Crippen MR) is 114 cm³/mol. The van der Waals surface area contributed by atoms with Crippen LogP contribution in [0, 0.1) is 20.9 Å². The van der Waals surface area contributed by atoms with Crippen molar-refractivity contribution in [3.63, 3.8) is 0 Å². The lowest BCUT2D eigenvalue weighted by Gasteiger charge is -2.39. The molecule has 8 nitrogen and oxygen atoms in total. The van der Waals surface area contributed by atoms with Crippen molar-refractivity contribution < 1.29 is 4.92 Å². The number of likely N-dealkylation sites (tertiary alicyclic amines) is 1. The molecule has 29 heavy (non-hydrogen) atoms. The van der Waals surface area contributed by atoms with E-state index in [1.165, 1.54) is 6.33 Å². The third-order valence-corrected chi connectivity index (χ3v) is 7.22. The van der Waals surface area contributed by atoms with Crippen LogP contribution < -0.4 is 9.80 Å². The highest BCUT2D eigenvalue weighted by Gasteiger charge is 2.51. The Bertz CT molecular complexity index is 791. The van der Waals surface area contributed by atoms with Crippen molar-refractivity contribution >= 4 is 17.3 Å². The molecule has 4 rings (SSSR count). The number of hydrogen-bond acceptors (Lipinski definition) is 7. The van der Waals surface area contributed by atoms with Crippen LogP contribution in [-0.2, 0) is 0 Å². The Balaban J connectivity index is 1.69. The van der Waals surface area contributed by atoms with Crippen LogP contribution in [0.25, 0.3) is 0 Å². The van der Waals surface area contributed by atoms with Gasteiger partial charge in [-0.15, -0.1) is 0 Å². The van der Waals surface area contributed by atoms with Crippen molar-refractivity contribution in [2.24, 2.45) is 10.8 Å². The maximum atomic E-state index is 12.2. The first-order chi connectivity index (χ1) is 13.6. The number of nitro groups is 1. The molecule has 3 aliphatic rings. The quantitative estimate of drug-likeness (QED) is 0.565. The average molecular weight is 403 g/mol. The van der Waals surface area contributed by atoms with Gasteiger partial charge in [0.2, 0.25) is 11.6 Å². The minimum atomic E-state index is -0.272. The lowest BCUT2D eigenvalue weighted by Crippen LogP contribution is -2.42. The van der Waals surface area contributed by atoms with Gasteiger partial charge in [-0.25, -0.2) is 9.97 Å². The van der Waals surface area contributed by atoms with Gasteiger partial charge in [-0.1, -0.05) is 20.8 Å². The van der Waals surface area contributed by atoms with Gasteiger partial charge in [0, 0.05) is 25.7 Å². The van der Waals surface area contributed by atoms with Gasteiger partial charge in [0.25, 0.3) is 0 Å². The van der Waals surface area contributed by atoms with Crippen LogP contribution in [0.3, 0.4) is 0 Å². The maximum Gasteiger partial charge on any atom is 0.353 e. The molecule has 3 heterocycles.